The number of hydrogen-bond donors (Lipinski definition) is 1. The first kappa shape index (κ1) is 18.9. The number of anilines is 1. The minimum Gasteiger partial charge on any atom is -0.507 e. The van der Waals surface area contributed by atoms with Crippen molar-refractivity contribution in [2.45, 2.75) is 6.04 Å². The molecule has 0 saturated carbocycles. The molecule has 0 radical (unpaired) electrons. The third-order valence-corrected chi connectivity index (χ3v) is 5.01. The van der Waals surface area contributed by atoms with E-state index in [1.54, 1.807) is 54.6 Å². The number of aliphatic hydroxyl groups excluding tert-OH is 1. The van der Waals surface area contributed by atoms with E-state index in [2.05, 4.69) is 0 Å². The van der Waals surface area contributed by atoms with E-state index in [0.29, 0.717) is 16.3 Å². The van der Waals surface area contributed by atoms with Gasteiger partial charge in [-0.3, -0.25) is 14.5 Å². The number of hydrogen-bond acceptors (Lipinski definition) is 3. The van der Waals surface area contributed by atoms with Crippen molar-refractivity contribution in [2.75, 3.05) is 4.90 Å². The lowest BCUT2D eigenvalue weighted by molar-refractivity contribution is -0.132. The van der Waals surface area contributed by atoms with Crippen LogP contribution in [0.4, 0.5) is 10.1 Å². The molecule has 0 spiro atoms. The zero-order chi connectivity index (χ0) is 20.5. The van der Waals surface area contributed by atoms with Crippen LogP contribution in [0.25, 0.3) is 5.76 Å². The van der Waals surface area contributed by atoms with Gasteiger partial charge >= 0.3 is 0 Å². The number of halogens is 2. The summed E-state index contributed by atoms with van der Waals surface area (Å²) in [6.45, 7) is 0. The second-order valence-corrected chi connectivity index (χ2v) is 6.97. The van der Waals surface area contributed by atoms with Crippen LogP contribution in [0, 0.1) is 5.82 Å². The van der Waals surface area contributed by atoms with Gasteiger partial charge in [0.2, 0.25) is 0 Å². The van der Waals surface area contributed by atoms with Gasteiger partial charge in [-0.05, 0) is 24.3 Å². The standard InChI is InChI=1S/C23H15ClFNO3/c24-15-9-6-10-16(13-15)26-20(17-11-4-5-12-18(17)25)19(22(28)23(26)29)21(27)14-7-2-1-3-8-14/h1-13,20,27H/b21-19+/t20-/m1/s1. The Morgan fingerprint density at radius 2 is 1.62 bits per heavy atom. The second-order valence-electron chi connectivity index (χ2n) is 6.54. The normalized spacial score (nSPS) is 18.3. The van der Waals surface area contributed by atoms with Crippen molar-refractivity contribution < 1.29 is 19.1 Å². The van der Waals surface area contributed by atoms with E-state index in [1.165, 1.54) is 29.2 Å². The highest BCUT2D eigenvalue weighted by Crippen LogP contribution is 2.43. The van der Waals surface area contributed by atoms with Crippen molar-refractivity contribution in [3.63, 3.8) is 0 Å². The molecule has 4 rings (SSSR count). The van der Waals surface area contributed by atoms with E-state index in [-0.39, 0.29) is 16.9 Å². The van der Waals surface area contributed by atoms with Crippen molar-refractivity contribution in [1.29, 1.82) is 0 Å². The highest BCUT2D eigenvalue weighted by atomic mass is 35.5. The summed E-state index contributed by atoms with van der Waals surface area (Å²) < 4.78 is 14.7. The fourth-order valence-electron chi connectivity index (χ4n) is 3.47. The first-order chi connectivity index (χ1) is 14.0. The average Bonchev–Trinajstić information content (AvgIpc) is 2.99. The Morgan fingerprint density at radius 3 is 2.31 bits per heavy atom. The first-order valence-electron chi connectivity index (χ1n) is 8.85. The summed E-state index contributed by atoms with van der Waals surface area (Å²) in [5.74, 6) is -2.70. The summed E-state index contributed by atoms with van der Waals surface area (Å²) in [4.78, 5) is 27.0. The number of nitrogens with zero attached hydrogens (tertiary/aromatic N) is 1. The lowest BCUT2D eigenvalue weighted by Gasteiger charge is -2.25. The molecule has 1 aliphatic rings. The first-order valence-corrected chi connectivity index (χ1v) is 9.23. The van der Waals surface area contributed by atoms with Gasteiger partial charge in [-0.25, -0.2) is 4.39 Å². The molecule has 1 N–H and O–H groups in total. The van der Waals surface area contributed by atoms with Crippen molar-refractivity contribution >= 4 is 34.7 Å². The molecule has 1 fully saturated rings. The molecule has 29 heavy (non-hydrogen) atoms. The summed E-state index contributed by atoms with van der Waals surface area (Å²) in [5, 5.41) is 11.2. The topological polar surface area (TPSA) is 57.6 Å². The number of rotatable bonds is 3. The lowest BCUT2D eigenvalue weighted by Crippen LogP contribution is -2.29. The van der Waals surface area contributed by atoms with Crippen molar-refractivity contribution in [2.24, 2.45) is 0 Å². The quantitative estimate of drug-likeness (QED) is 0.373. The van der Waals surface area contributed by atoms with E-state index >= 15 is 0 Å². The Labute approximate surface area is 171 Å². The van der Waals surface area contributed by atoms with Crippen LogP contribution in [-0.2, 0) is 9.59 Å². The van der Waals surface area contributed by atoms with Crippen LogP contribution < -0.4 is 4.90 Å². The zero-order valence-corrected chi connectivity index (χ0v) is 15.8. The largest absolute Gasteiger partial charge is 0.507 e. The van der Waals surface area contributed by atoms with Gasteiger partial charge < -0.3 is 5.11 Å². The molecule has 0 unspecified atom stereocenters. The third kappa shape index (κ3) is 3.30. The summed E-state index contributed by atoms with van der Waals surface area (Å²) >= 11 is 6.07. The van der Waals surface area contributed by atoms with Crippen molar-refractivity contribution in [1.82, 2.24) is 0 Å². The molecular weight excluding hydrogens is 393 g/mol. The van der Waals surface area contributed by atoms with Gasteiger partial charge in [0.15, 0.2) is 0 Å². The number of ketones is 1. The highest BCUT2D eigenvalue weighted by molar-refractivity contribution is 6.51. The number of amides is 1. The van der Waals surface area contributed by atoms with Crippen LogP contribution in [-0.4, -0.2) is 16.8 Å². The zero-order valence-electron chi connectivity index (χ0n) is 15.0. The SMILES string of the molecule is O=C1C(=O)N(c2cccc(Cl)c2)[C@H](c2ccccc2F)/C1=C(\O)c1ccccc1. The van der Waals surface area contributed by atoms with Crippen LogP contribution in [0.2, 0.25) is 5.02 Å². The number of Topliss-reactive ketones (excluding diaryl/α,β-unsaturated/α-hetero) is 1. The van der Waals surface area contributed by atoms with E-state index in [0.717, 1.165) is 0 Å². The Kier molecular flexibility index (Phi) is 4.91. The van der Waals surface area contributed by atoms with Crippen LogP contribution in [0.3, 0.4) is 0 Å². The highest BCUT2D eigenvalue weighted by Gasteiger charge is 2.47. The van der Waals surface area contributed by atoms with E-state index in [1.807, 2.05) is 0 Å². The fourth-order valence-corrected chi connectivity index (χ4v) is 3.65. The molecule has 3 aromatic carbocycles. The smallest absolute Gasteiger partial charge is 0.300 e. The Balaban J connectivity index is 1.99. The molecule has 1 atom stereocenters. The monoisotopic (exact) mass is 407 g/mol. The van der Waals surface area contributed by atoms with Crippen LogP contribution in [0.1, 0.15) is 17.2 Å². The van der Waals surface area contributed by atoms with Crippen LogP contribution >= 0.6 is 11.6 Å². The van der Waals surface area contributed by atoms with Gasteiger partial charge in [0, 0.05) is 21.8 Å². The van der Waals surface area contributed by atoms with Gasteiger partial charge in [-0.2, -0.15) is 0 Å². The average molecular weight is 408 g/mol. The van der Waals surface area contributed by atoms with Crippen LogP contribution in [0.5, 0.6) is 0 Å². The molecule has 0 bridgehead atoms. The second kappa shape index (κ2) is 7.53. The number of benzene rings is 3. The molecular formula is C23H15ClFNO3. The summed E-state index contributed by atoms with van der Waals surface area (Å²) in [7, 11) is 0. The van der Waals surface area contributed by atoms with E-state index in [4.69, 9.17) is 11.6 Å². The summed E-state index contributed by atoms with van der Waals surface area (Å²) in [6.07, 6.45) is 0. The minimum atomic E-state index is -1.13. The molecule has 6 heteroatoms. The Morgan fingerprint density at radius 1 is 0.931 bits per heavy atom. The lowest BCUT2D eigenvalue weighted by atomic mass is 9.95. The molecule has 1 heterocycles. The number of carbonyl (C=O) groups is 2. The van der Waals surface area contributed by atoms with Gasteiger partial charge in [0.05, 0.1) is 11.6 Å². The summed E-state index contributed by atoms with van der Waals surface area (Å²) in [5.41, 5.74) is 0.619. The molecule has 144 valence electrons. The van der Waals surface area contributed by atoms with Crippen LogP contribution in [0.15, 0.2) is 84.4 Å². The molecule has 3 aromatic rings. The number of aliphatic hydroxyl groups is 1. The van der Waals surface area contributed by atoms with Crippen molar-refractivity contribution in [3.05, 3.63) is 106 Å². The summed E-state index contributed by atoms with van der Waals surface area (Å²) in [6, 6.07) is 19.5. The molecule has 1 saturated heterocycles. The predicted octanol–water partition coefficient (Wildman–Crippen LogP) is 5.11. The fraction of sp³-hybridized carbons (Fsp3) is 0.0435. The number of carbonyl (C=O) groups excluding carboxylic acids is 2. The Hall–Kier alpha value is -3.44. The van der Waals surface area contributed by atoms with Gasteiger partial charge in [0.1, 0.15) is 11.6 Å². The predicted molar refractivity (Wildman–Crippen MR) is 109 cm³/mol. The third-order valence-electron chi connectivity index (χ3n) is 4.78. The van der Waals surface area contributed by atoms with E-state index in [9.17, 15) is 19.1 Å². The Bertz CT molecular complexity index is 1140. The van der Waals surface area contributed by atoms with Gasteiger partial charge in [-0.15, -0.1) is 0 Å². The van der Waals surface area contributed by atoms with Crippen molar-refractivity contribution in [3.8, 4) is 0 Å². The van der Waals surface area contributed by atoms with E-state index < -0.39 is 23.5 Å². The molecule has 0 aromatic heterocycles. The maximum Gasteiger partial charge on any atom is 0.300 e. The molecule has 1 amide bonds. The maximum absolute atomic E-state index is 14.7. The molecule has 0 aliphatic carbocycles. The molecule has 1 aliphatic heterocycles. The van der Waals surface area contributed by atoms with Gasteiger partial charge in [-0.1, -0.05) is 66.2 Å². The minimum absolute atomic E-state index is 0.101. The maximum atomic E-state index is 14.7. The van der Waals surface area contributed by atoms with Gasteiger partial charge in [0.25, 0.3) is 11.7 Å². The molecule has 4 nitrogen and oxygen atoms in total.